The number of amides is 1. The number of oxime groups is 1. The van der Waals surface area contributed by atoms with Gasteiger partial charge in [-0.15, -0.1) is 0 Å². The van der Waals surface area contributed by atoms with Crippen LogP contribution in [0.15, 0.2) is 5.16 Å². The molecule has 3 heterocycles. The first-order valence-electron chi connectivity index (χ1n) is 10.0. The first-order chi connectivity index (χ1) is 13.3. The molecule has 0 aromatic carbocycles. The van der Waals surface area contributed by atoms with E-state index in [2.05, 4.69) is 39.6 Å². The van der Waals surface area contributed by atoms with E-state index in [-0.39, 0.29) is 11.5 Å². The molecule has 0 atom stereocenters. The standard InChI is InChI=1S/C19H28ClN5O2S/c1-18(2,3)13-4-6-19(7-5-13)12-14(21-27-19)17(26)25-10-8-24(9-11-25)16-15(20)22-28-23-16/h13H,4-12H2,1-3H3/t13-,19-. The highest BCUT2D eigenvalue weighted by molar-refractivity contribution is 6.99. The van der Waals surface area contributed by atoms with Crippen LogP contribution < -0.4 is 4.90 Å². The quantitative estimate of drug-likeness (QED) is 0.724. The molecule has 154 valence electrons. The SMILES string of the molecule is CC(C)(C)[C@H]1CC[C@]2(CC1)CC(C(=O)N1CCN(c3nsnc3Cl)CC1)=NO2. The van der Waals surface area contributed by atoms with Gasteiger partial charge in [-0.25, -0.2) is 0 Å². The Morgan fingerprint density at radius 1 is 1.18 bits per heavy atom. The number of hydrogen-bond acceptors (Lipinski definition) is 7. The topological polar surface area (TPSA) is 70.9 Å². The number of anilines is 1. The Bertz CT molecular complexity index is 759. The summed E-state index contributed by atoms with van der Waals surface area (Å²) in [6.07, 6.45) is 4.89. The van der Waals surface area contributed by atoms with Crippen molar-refractivity contribution >= 4 is 40.8 Å². The van der Waals surface area contributed by atoms with Gasteiger partial charge < -0.3 is 14.6 Å². The molecule has 7 nitrogen and oxygen atoms in total. The Kier molecular flexibility index (Phi) is 5.29. The lowest BCUT2D eigenvalue weighted by molar-refractivity contribution is -0.124. The average molecular weight is 426 g/mol. The summed E-state index contributed by atoms with van der Waals surface area (Å²) in [7, 11) is 0. The number of carbonyl (C=O) groups excluding carboxylic acids is 1. The minimum Gasteiger partial charge on any atom is -0.388 e. The van der Waals surface area contributed by atoms with Crippen molar-refractivity contribution in [3.05, 3.63) is 5.15 Å². The summed E-state index contributed by atoms with van der Waals surface area (Å²) >= 11 is 7.19. The van der Waals surface area contributed by atoms with Crippen molar-refractivity contribution in [2.45, 2.75) is 58.5 Å². The fraction of sp³-hybridized carbons (Fsp3) is 0.789. The fourth-order valence-corrected chi connectivity index (χ4v) is 5.36. The minimum atomic E-state index is -0.256. The highest BCUT2D eigenvalue weighted by Crippen LogP contribution is 2.46. The third kappa shape index (κ3) is 3.85. The molecule has 1 aromatic rings. The van der Waals surface area contributed by atoms with Gasteiger partial charge in [-0.05, 0) is 37.0 Å². The Labute approximate surface area is 175 Å². The van der Waals surface area contributed by atoms with Gasteiger partial charge >= 0.3 is 0 Å². The molecule has 3 aliphatic rings. The van der Waals surface area contributed by atoms with E-state index in [1.807, 2.05) is 4.90 Å². The van der Waals surface area contributed by atoms with Gasteiger partial charge in [-0.3, -0.25) is 4.79 Å². The zero-order chi connectivity index (χ0) is 19.9. The second kappa shape index (κ2) is 7.44. The van der Waals surface area contributed by atoms with Crippen molar-refractivity contribution in [1.82, 2.24) is 13.6 Å². The lowest BCUT2D eigenvalue weighted by atomic mass is 9.67. The van der Waals surface area contributed by atoms with Gasteiger partial charge in [0, 0.05) is 32.6 Å². The molecule has 2 aliphatic heterocycles. The van der Waals surface area contributed by atoms with Crippen molar-refractivity contribution in [2.24, 2.45) is 16.5 Å². The van der Waals surface area contributed by atoms with Gasteiger partial charge in [0.2, 0.25) is 0 Å². The van der Waals surface area contributed by atoms with Crippen LogP contribution in [0.4, 0.5) is 5.82 Å². The molecule has 1 aliphatic carbocycles. The predicted octanol–water partition coefficient (Wildman–Crippen LogP) is 3.59. The Balaban J connectivity index is 1.30. The molecule has 0 N–H and O–H groups in total. The summed E-state index contributed by atoms with van der Waals surface area (Å²) in [5.41, 5.74) is 0.653. The lowest BCUT2D eigenvalue weighted by Gasteiger charge is -2.40. The van der Waals surface area contributed by atoms with Crippen molar-refractivity contribution in [2.75, 3.05) is 31.1 Å². The average Bonchev–Trinajstić information content (AvgIpc) is 3.28. The number of rotatable bonds is 2. The van der Waals surface area contributed by atoms with Gasteiger partial charge in [-0.2, -0.15) is 8.75 Å². The van der Waals surface area contributed by atoms with E-state index in [0.29, 0.717) is 54.8 Å². The van der Waals surface area contributed by atoms with E-state index in [0.717, 1.165) is 43.2 Å². The molecule has 0 unspecified atom stereocenters. The summed E-state index contributed by atoms with van der Waals surface area (Å²) < 4.78 is 8.26. The van der Waals surface area contributed by atoms with Crippen LogP contribution in [-0.2, 0) is 9.63 Å². The van der Waals surface area contributed by atoms with Crippen molar-refractivity contribution in [1.29, 1.82) is 0 Å². The van der Waals surface area contributed by atoms with Gasteiger partial charge in [0.1, 0.15) is 11.3 Å². The Morgan fingerprint density at radius 3 is 2.43 bits per heavy atom. The number of piperazine rings is 1. The number of aromatic nitrogens is 2. The van der Waals surface area contributed by atoms with Gasteiger partial charge in [-0.1, -0.05) is 37.5 Å². The predicted molar refractivity (Wildman–Crippen MR) is 111 cm³/mol. The zero-order valence-corrected chi connectivity index (χ0v) is 18.4. The van der Waals surface area contributed by atoms with Crippen LogP contribution in [0.3, 0.4) is 0 Å². The zero-order valence-electron chi connectivity index (χ0n) is 16.8. The minimum absolute atomic E-state index is 0.0111. The first kappa shape index (κ1) is 19.9. The highest BCUT2D eigenvalue weighted by Gasteiger charge is 2.46. The first-order valence-corrected chi connectivity index (χ1v) is 11.2. The number of nitrogens with zero attached hydrogens (tertiary/aromatic N) is 5. The van der Waals surface area contributed by atoms with E-state index in [1.54, 1.807) is 0 Å². The molecule has 2 fully saturated rings. The van der Waals surface area contributed by atoms with Crippen molar-refractivity contribution < 1.29 is 9.63 Å². The van der Waals surface area contributed by atoms with E-state index in [4.69, 9.17) is 16.4 Å². The smallest absolute Gasteiger partial charge is 0.271 e. The molecule has 1 aromatic heterocycles. The summed E-state index contributed by atoms with van der Waals surface area (Å²) in [6.45, 7) is 9.59. The van der Waals surface area contributed by atoms with E-state index in [9.17, 15) is 4.79 Å². The maximum absolute atomic E-state index is 13.0. The maximum atomic E-state index is 13.0. The Hall–Kier alpha value is -1.41. The second-order valence-corrected chi connectivity index (χ2v) is 10.2. The molecule has 4 rings (SSSR count). The van der Waals surface area contributed by atoms with Gasteiger partial charge in [0.25, 0.3) is 5.91 Å². The second-order valence-electron chi connectivity index (χ2n) is 9.29. The molecular formula is C19H28ClN5O2S. The van der Waals surface area contributed by atoms with Crippen LogP contribution in [0.5, 0.6) is 0 Å². The molecule has 0 bridgehead atoms. The molecule has 1 spiro atoms. The molecule has 1 saturated heterocycles. The largest absolute Gasteiger partial charge is 0.388 e. The molecule has 9 heteroatoms. The third-order valence-corrected chi connectivity index (χ3v) is 7.38. The van der Waals surface area contributed by atoms with E-state index in [1.165, 1.54) is 0 Å². The van der Waals surface area contributed by atoms with Crippen LogP contribution in [0, 0.1) is 11.3 Å². The van der Waals surface area contributed by atoms with Crippen molar-refractivity contribution in [3.63, 3.8) is 0 Å². The summed E-state index contributed by atoms with van der Waals surface area (Å²) in [6, 6.07) is 0. The van der Waals surface area contributed by atoms with Gasteiger partial charge in [0.15, 0.2) is 11.0 Å². The van der Waals surface area contributed by atoms with Crippen LogP contribution in [0.25, 0.3) is 0 Å². The van der Waals surface area contributed by atoms with Crippen molar-refractivity contribution in [3.8, 4) is 0 Å². The normalized spacial score (nSPS) is 28.4. The highest BCUT2D eigenvalue weighted by atomic mass is 35.5. The third-order valence-electron chi connectivity index (χ3n) is 6.51. The van der Waals surface area contributed by atoms with Crippen LogP contribution in [0.2, 0.25) is 5.15 Å². The Morgan fingerprint density at radius 2 is 1.86 bits per heavy atom. The van der Waals surface area contributed by atoms with Crippen LogP contribution in [0.1, 0.15) is 52.9 Å². The summed E-state index contributed by atoms with van der Waals surface area (Å²) in [4.78, 5) is 22.8. The fourth-order valence-electron chi connectivity index (χ4n) is 4.58. The number of halogens is 1. The monoisotopic (exact) mass is 425 g/mol. The van der Waals surface area contributed by atoms with Crippen LogP contribution >= 0.6 is 23.3 Å². The molecular weight excluding hydrogens is 398 g/mol. The summed E-state index contributed by atoms with van der Waals surface area (Å²) in [5, 5.41) is 4.66. The number of hydrogen-bond donors (Lipinski definition) is 0. The number of carbonyl (C=O) groups is 1. The molecule has 0 radical (unpaired) electrons. The van der Waals surface area contributed by atoms with Crippen LogP contribution in [-0.4, -0.2) is 57.0 Å². The lowest BCUT2D eigenvalue weighted by Crippen LogP contribution is -2.51. The summed E-state index contributed by atoms with van der Waals surface area (Å²) in [5.74, 6) is 1.44. The van der Waals surface area contributed by atoms with Gasteiger partial charge in [0.05, 0.1) is 11.7 Å². The molecule has 1 amide bonds. The van der Waals surface area contributed by atoms with E-state index < -0.39 is 0 Å². The maximum Gasteiger partial charge on any atom is 0.271 e. The van der Waals surface area contributed by atoms with E-state index >= 15 is 0 Å². The molecule has 28 heavy (non-hydrogen) atoms. The molecule has 1 saturated carbocycles.